The minimum Gasteiger partial charge on any atom is -0.331 e. The lowest BCUT2D eigenvalue weighted by Crippen LogP contribution is -2.41. The first-order valence-corrected chi connectivity index (χ1v) is 8.36. The third-order valence-electron chi connectivity index (χ3n) is 3.45. The van der Waals surface area contributed by atoms with Crippen molar-refractivity contribution in [1.29, 1.82) is 0 Å². The van der Waals surface area contributed by atoms with E-state index in [-0.39, 0.29) is 0 Å². The van der Waals surface area contributed by atoms with Crippen molar-refractivity contribution in [2.75, 3.05) is 38.5 Å². The summed E-state index contributed by atoms with van der Waals surface area (Å²) >= 11 is 7.70. The fourth-order valence-electron chi connectivity index (χ4n) is 2.14. The molecule has 22 heavy (non-hydrogen) atoms. The molecular formula is C15H18ClN5S. The van der Waals surface area contributed by atoms with Crippen LogP contribution in [-0.2, 0) is 0 Å². The van der Waals surface area contributed by atoms with Gasteiger partial charge in [-0.1, -0.05) is 41.1 Å². The number of thiazole rings is 1. The maximum Gasteiger partial charge on any atom is 0.189 e. The number of piperazine rings is 1. The van der Waals surface area contributed by atoms with Gasteiger partial charge in [0.25, 0.3) is 0 Å². The summed E-state index contributed by atoms with van der Waals surface area (Å²) in [4.78, 5) is 7.51. The number of benzene rings is 1. The molecule has 0 saturated carbocycles. The number of anilines is 2. The first-order chi connectivity index (χ1) is 10.7. The molecule has 0 aliphatic carbocycles. The van der Waals surface area contributed by atoms with Crippen LogP contribution in [0.5, 0.6) is 0 Å². The summed E-state index contributed by atoms with van der Waals surface area (Å²) in [6.07, 6.45) is 1.81. The molecule has 1 aromatic heterocycles. The summed E-state index contributed by atoms with van der Waals surface area (Å²) in [5, 5.41) is 11.1. The van der Waals surface area contributed by atoms with E-state index in [1.54, 1.807) is 0 Å². The van der Waals surface area contributed by atoms with Crippen LogP contribution in [0.1, 0.15) is 4.88 Å². The topological polar surface area (TPSA) is 43.8 Å². The molecule has 7 heteroatoms. The van der Waals surface area contributed by atoms with Gasteiger partial charge in [-0.25, -0.2) is 4.98 Å². The Morgan fingerprint density at radius 3 is 2.68 bits per heavy atom. The van der Waals surface area contributed by atoms with Crippen molar-refractivity contribution in [3.63, 3.8) is 0 Å². The number of hydrogen-bond donors (Lipinski definition) is 1. The standard InChI is InChI=1S/C15H18ClN5S/c1-20-7-9-21(10-8-20)17-11-13-14(16)19-15(22-13)18-12-5-3-2-4-6-12/h2-6,11H,7-10H2,1H3,(H,18,19)/b17-11+. The Morgan fingerprint density at radius 2 is 1.95 bits per heavy atom. The van der Waals surface area contributed by atoms with Crippen LogP contribution < -0.4 is 5.32 Å². The van der Waals surface area contributed by atoms with E-state index in [1.165, 1.54) is 11.3 Å². The number of nitrogens with zero attached hydrogens (tertiary/aromatic N) is 4. The minimum atomic E-state index is 0.487. The summed E-state index contributed by atoms with van der Waals surface area (Å²) in [5.74, 6) is 0. The summed E-state index contributed by atoms with van der Waals surface area (Å²) in [6, 6.07) is 9.93. The van der Waals surface area contributed by atoms with Crippen LogP contribution >= 0.6 is 22.9 Å². The van der Waals surface area contributed by atoms with Crippen molar-refractivity contribution in [3.05, 3.63) is 40.4 Å². The maximum atomic E-state index is 6.19. The van der Waals surface area contributed by atoms with Crippen LogP contribution in [0.3, 0.4) is 0 Å². The Bertz CT molecular complexity index is 635. The van der Waals surface area contributed by atoms with Crippen molar-refractivity contribution < 1.29 is 0 Å². The first-order valence-electron chi connectivity index (χ1n) is 7.16. The lowest BCUT2D eigenvalue weighted by Gasteiger charge is -2.30. The fourth-order valence-corrected chi connectivity index (χ4v) is 3.18. The zero-order valence-electron chi connectivity index (χ0n) is 12.4. The average Bonchev–Trinajstić information content (AvgIpc) is 2.87. The highest BCUT2D eigenvalue weighted by Crippen LogP contribution is 2.27. The number of nitrogens with one attached hydrogen (secondary N) is 1. The van der Waals surface area contributed by atoms with E-state index in [0.29, 0.717) is 5.15 Å². The lowest BCUT2D eigenvalue weighted by molar-refractivity contribution is 0.159. The molecule has 0 spiro atoms. The number of aromatic nitrogens is 1. The van der Waals surface area contributed by atoms with E-state index in [0.717, 1.165) is 41.9 Å². The molecule has 2 aromatic rings. The predicted octanol–water partition coefficient (Wildman–Crippen LogP) is 3.12. The largest absolute Gasteiger partial charge is 0.331 e. The van der Waals surface area contributed by atoms with Crippen molar-refractivity contribution in [1.82, 2.24) is 14.9 Å². The summed E-state index contributed by atoms with van der Waals surface area (Å²) in [7, 11) is 2.13. The minimum absolute atomic E-state index is 0.487. The molecule has 0 bridgehead atoms. The van der Waals surface area contributed by atoms with E-state index < -0.39 is 0 Å². The summed E-state index contributed by atoms with van der Waals surface area (Å²) < 4.78 is 0. The van der Waals surface area contributed by atoms with Crippen molar-refractivity contribution in [2.24, 2.45) is 5.10 Å². The van der Waals surface area contributed by atoms with Gasteiger partial charge in [-0.05, 0) is 19.2 Å². The van der Waals surface area contributed by atoms with Gasteiger partial charge in [0, 0.05) is 31.9 Å². The monoisotopic (exact) mass is 335 g/mol. The molecule has 0 radical (unpaired) electrons. The normalized spacial score (nSPS) is 16.4. The Kier molecular flexibility index (Phi) is 4.92. The van der Waals surface area contributed by atoms with Gasteiger partial charge in [-0.2, -0.15) is 5.10 Å². The SMILES string of the molecule is CN1CCN(/N=C/c2sc(Nc3ccccc3)nc2Cl)CC1. The third kappa shape index (κ3) is 3.97. The van der Waals surface area contributed by atoms with Crippen LogP contribution in [-0.4, -0.2) is 54.3 Å². The lowest BCUT2D eigenvalue weighted by atomic mass is 10.3. The molecular weight excluding hydrogens is 318 g/mol. The zero-order valence-corrected chi connectivity index (χ0v) is 13.9. The van der Waals surface area contributed by atoms with Crippen LogP contribution in [0, 0.1) is 0 Å². The van der Waals surface area contributed by atoms with Crippen molar-refractivity contribution in [3.8, 4) is 0 Å². The third-order valence-corrected chi connectivity index (χ3v) is 4.76. The number of halogens is 1. The molecule has 1 fully saturated rings. The first kappa shape index (κ1) is 15.3. The fraction of sp³-hybridized carbons (Fsp3) is 0.333. The predicted molar refractivity (Wildman–Crippen MR) is 93.5 cm³/mol. The quantitative estimate of drug-likeness (QED) is 0.872. The van der Waals surface area contributed by atoms with E-state index in [9.17, 15) is 0 Å². The second-order valence-corrected chi connectivity index (χ2v) is 6.56. The van der Waals surface area contributed by atoms with Gasteiger partial charge in [0.05, 0.1) is 11.1 Å². The van der Waals surface area contributed by atoms with Crippen molar-refractivity contribution in [2.45, 2.75) is 0 Å². The smallest absolute Gasteiger partial charge is 0.189 e. The van der Waals surface area contributed by atoms with E-state index >= 15 is 0 Å². The van der Waals surface area contributed by atoms with Crippen molar-refractivity contribution >= 4 is 40.0 Å². The van der Waals surface area contributed by atoms with Gasteiger partial charge in [-0.15, -0.1) is 0 Å². The van der Waals surface area contributed by atoms with Crippen LogP contribution in [0.2, 0.25) is 5.15 Å². The molecule has 0 unspecified atom stereocenters. The number of hydrazone groups is 1. The maximum absolute atomic E-state index is 6.19. The van der Waals surface area contributed by atoms with E-state index in [4.69, 9.17) is 11.6 Å². The Morgan fingerprint density at radius 1 is 1.23 bits per heavy atom. The van der Waals surface area contributed by atoms with Crippen LogP contribution in [0.25, 0.3) is 0 Å². The molecule has 116 valence electrons. The summed E-state index contributed by atoms with van der Waals surface area (Å²) in [5.41, 5.74) is 0.996. The van der Waals surface area contributed by atoms with Gasteiger partial charge in [0.1, 0.15) is 0 Å². The van der Waals surface area contributed by atoms with E-state index in [1.807, 2.05) is 36.5 Å². The van der Waals surface area contributed by atoms with E-state index in [2.05, 4.69) is 32.4 Å². The highest BCUT2D eigenvalue weighted by molar-refractivity contribution is 7.17. The Balaban J connectivity index is 1.65. The molecule has 1 saturated heterocycles. The molecule has 2 heterocycles. The molecule has 0 atom stereocenters. The Labute approximate surface area is 139 Å². The summed E-state index contributed by atoms with van der Waals surface area (Å²) in [6.45, 7) is 3.96. The number of likely N-dealkylation sites (N-methyl/N-ethyl adjacent to an activating group) is 1. The molecule has 1 aliphatic heterocycles. The van der Waals surface area contributed by atoms with Gasteiger partial charge in [-0.3, -0.25) is 5.01 Å². The van der Waals surface area contributed by atoms with Gasteiger partial charge >= 0.3 is 0 Å². The second kappa shape index (κ2) is 7.09. The number of rotatable bonds is 4. The number of para-hydroxylation sites is 1. The van der Waals surface area contributed by atoms with Gasteiger partial charge in [0.15, 0.2) is 10.3 Å². The Hall–Kier alpha value is -1.63. The number of hydrogen-bond acceptors (Lipinski definition) is 6. The van der Waals surface area contributed by atoms with Gasteiger partial charge < -0.3 is 10.2 Å². The second-order valence-electron chi connectivity index (χ2n) is 5.17. The molecule has 1 aliphatic rings. The average molecular weight is 336 g/mol. The molecule has 0 amide bonds. The zero-order chi connectivity index (χ0) is 15.4. The molecule has 5 nitrogen and oxygen atoms in total. The molecule has 1 N–H and O–H groups in total. The highest BCUT2D eigenvalue weighted by Gasteiger charge is 2.12. The van der Waals surface area contributed by atoms with Gasteiger partial charge in [0.2, 0.25) is 0 Å². The molecule has 1 aromatic carbocycles. The highest BCUT2D eigenvalue weighted by atomic mass is 35.5. The molecule has 3 rings (SSSR count). The van der Waals surface area contributed by atoms with Crippen LogP contribution in [0.15, 0.2) is 35.4 Å². The van der Waals surface area contributed by atoms with Crippen LogP contribution in [0.4, 0.5) is 10.8 Å².